The maximum Gasteiger partial charge on any atom is 0.423 e. The molecule has 1 aromatic heterocycles. The molecule has 0 amide bonds. The summed E-state index contributed by atoms with van der Waals surface area (Å²) in [5, 5.41) is 2.61. The molecule has 0 aliphatic heterocycles. The van der Waals surface area contributed by atoms with Crippen molar-refractivity contribution in [1.82, 2.24) is 9.97 Å². The number of hydrogen-bond donors (Lipinski definition) is 1. The number of anilines is 2. The minimum atomic E-state index is -4.94. The third-order valence-corrected chi connectivity index (χ3v) is 3.18. The Kier molecular flexibility index (Phi) is 5.40. The van der Waals surface area contributed by atoms with E-state index in [1.807, 2.05) is 22.6 Å². The monoisotopic (exact) mass is 463 g/mol. The molecule has 0 bridgehead atoms. The average molecular weight is 463 g/mol. The van der Waals surface area contributed by atoms with Crippen LogP contribution >= 0.6 is 22.6 Å². The normalized spacial score (nSPS) is 12.1. The summed E-state index contributed by atoms with van der Waals surface area (Å²) in [6.07, 6.45) is -9.37. The van der Waals surface area contributed by atoms with Gasteiger partial charge >= 0.3 is 12.4 Å². The van der Waals surface area contributed by atoms with E-state index < -0.39 is 30.4 Å². The minimum absolute atomic E-state index is 0.317. The van der Waals surface area contributed by atoms with Crippen molar-refractivity contribution in [2.45, 2.75) is 12.4 Å². The number of rotatable bonds is 4. The van der Waals surface area contributed by atoms with Crippen molar-refractivity contribution >= 4 is 34.2 Å². The van der Waals surface area contributed by atoms with Gasteiger partial charge in [-0.05, 0) is 40.8 Å². The molecule has 1 heterocycles. The van der Waals surface area contributed by atoms with E-state index >= 15 is 0 Å². The smallest absolute Gasteiger partial charge is 0.423 e. The lowest BCUT2D eigenvalue weighted by molar-refractivity contribution is -0.159. The van der Waals surface area contributed by atoms with Crippen LogP contribution in [-0.4, -0.2) is 22.8 Å². The lowest BCUT2D eigenvalue weighted by Crippen LogP contribution is -2.22. The maximum atomic E-state index is 12.8. The lowest BCUT2D eigenvalue weighted by atomic mass is 10.3. The number of aromatic nitrogens is 2. The van der Waals surface area contributed by atoms with Crippen molar-refractivity contribution in [3.05, 3.63) is 39.6 Å². The first kappa shape index (κ1) is 18.5. The van der Waals surface area contributed by atoms with Gasteiger partial charge in [-0.15, -0.1) is 0 Å². The van der Waals surface area contributed by atoms with Crippen LogP contribution in [0.1, 0.15) is 5.56 Å². The second-order valence-electron chi connectivity index (χ2n) is 4.45. The molecule has 0 aliphatic carbocycles. The average Bonchev–Trinajstić information content (AvgIpc) is 2.43. The molecule has 4 nitrogen and oxygen atoms in total. The fourth-order valence-electron chi connectivity index (χ4n) is 1.58. The molecule has 130 valence electrons. The van der Waals surface area contributed by atoms with Crippen molar-refractivity contribution < 1.29 is 31.1 Å². The molecule has 0 fully saturated rings. The topological polar surface area (TPSA) is 47.0 Å². The van der Waals surface area contributed by atoms with Gasteiger partial charge in [0, 0.05) is 15.5 Å². The molecular formula is C13H8F6IN3O. The number of nitrogens with one attached hydrogen (secondary N) is 1. The van der Waals surface area contributed by atoms with Gasteiger partial charge in [0.25, 0.3) is 0 Å². The van der Waals surface area contributed by atoms with E-state index in [0.717, 1.165) is 3.57 Å². The van der Waals surface area contributed by atoms with Crippen molar-refractivity contribution in [3.63, 3.8) is 0 Å². The molecule has 11 heteroatoms. The molecular weight excluding hydrogens is 455 g/mol. The Balaban J connectivity index is 2.30. The summed E-state index contributed by atoms with van der Waals surface area (Å²) in [5.74, 6) is -1.51. The van der Waals surface area contributed by atoms with Crippen LogP contribution in [-0.2, 0) is 6.18 Å². The molecule has 2 aromatic rings. The standard InChI is InChI=1S/C13H8F6IN3O/c14-12(15,16)6-24-10-9(13(17,18)19)5-21-11(23-10)22-8-3-1-2-7(20)4-8/h1-5H,6H2,(H,21,22,23). The van der Waals surface area contributed by atoms with E-state index in [0.29, 0.717) is 11.9 Å². The minimum Gasteiger partial charge on any atom is -0.467 e. The van der Waals surface area contributed by atoms with E-state index in [2.05, 4.69) is 20.0 Å². The highest BCUT2D eigenvalue weighted by molar-refractivity contribution is 14.1. The number of hydrogen-bond acceptors (Lipinski definition) is 4. The first-order chi connectivity index (χ1) is 11.0. The number of halogens is 7. The SMILES string of the molecule is FC(F)(F)COc1nc(Nc2cccc(I)c2)ncc1C(F)(F)F. The molecule has 24 heavy (non-hydrogen) atoms. The van der Waals surface area contributed by atoms with Crippen LogP contribution in [0.2, 0.25) is 0 Å². The third kappa shape index (κ3) is 5.39. The highest BCUT2D eigenvalue weighted by Crippen LogP contribution is 2.36. The molecule has 1 aromatic carbocycles. The van der Waals surface area contributed by atoms with Crippen molar-refractivity contribution in [3.8, 4) is 5.88 Å². The predicted octanol–water partition coefficient (Wildman–Crippen LogP) is 4.78. The van der Waals surface area contributed by atoms with Gasteiger partial charge in [-0.3, -0.25) is 0 Å². The predicted molar refractivity (Wildman–Crippen MR) is 81.0 cm³/mol. The Morgan fingerprint density at radius 2 is 1.83 bits per heavy atom. The Morgan fingerprint density at radius 1 is 1.12 bits per heavy atom. The summed E-state index contributed by atoms with van der Waals surface area (Å²) < 4.78 is 80.1. The highest BCUT2D eigenvalue weighted by Gasteiger charge is 2.38. The lowest BCUT2D eigenvalue weighted by Gasteiger charge is -2.15. The van der Waals surface area contributed by atoms with Crippen molar-refractivity contribution in [2.75, 3.05) is 11.9 Å². The number of alkyl halides is 6. The quantitative estimate of drug-likeness (QED) is 0.524. The molecule has 0 spiro atoms. The number of nitrogens with zero attached hydrogens (tertiary/aromatic N) is 2. The van der Waals surface area contributed by atoms with Gasteiger partial charge < -0.3 is 10.1 Å². The fourth-order valence-corrected chi connectivity index (χ4v) is 2.12. The zero-order chi connectivity index (χ0) is 18.0. The van der Waals surface area contributed by atoms with Gasteiger partial charge in [-0.1, -0.05) is 6.07 Å². The van der Waals surface area contributed by atoms with Crippen LogP contribution in [0.3, 0.4) is 0 Å². The second-order valence-corrected chi connectivity index (χ2v) is 5.70. The Labute approximate surface area is 145 Å². The molecule has 0 aliphatic rings. The molecule has 0 saturated heterocycles. The van der Waals surface area contributed by atoms with Gasteiger partial charge in [-0.2, -0.15) is 31.3 Å². The van der Waals surface area contributed by atoms with Crippen molar-refractivity contribution in [1.29, 1.82) is 0 Å². The van der Waals surface area contributed by atoms with Gasteiger partial charge in [0.15, 0.2) is 6.61 Å². The molecule has 0 atom stereocenters. The van der Waals surface area contributed by atoms with Crippen LogP contribution in [0.15, 0.2) is 30.5 Å². The first-order valence-electron chi connectivity index (χ1n) is 6.21. The van der Waals surface area contributed by atoms with Crippen LogP contribution < -0.4 is 10.1 Å². The maximum absolute atomic E-state index is 12.8. The largest absolute Gasteiger partial charge is 0.467 e. The summed E-state index contributed by atoms with van der Waals surface area (Å²) in [6.45, 7) is -1.89. The van der Waals surface area contributed by atoms with Gasteiger partial charge in [0.05, 0.1) is 0 Å². The first-order valence-corrected chi connectivity index (χ1v) is 7.29. The Bertz CT molecular complexity index is 720. The van der Waals surface area contributed by atoms with Crippen molar-refractivity contribution in [2.24, 2.45) is 0 Å². The Hall–Kier alpha value is -1.79. The molecule has 2 rings (SSSR count). The Morgan fingerprint density at radius 3 is 2.42 bits per heavy atom. The molecule has 0 unspecified atom stereocenters. The fraction of sp³-hybridized carbons (Fsp3) is 0.231. The summed E-state index contributed by atoms with van der Waals surface area (Å²) >= 11 is 2.01. The molecule has 0 radical (unpaired) electrons. The molecule has 1 N–H and O–H groups in total. The van der Waals surface area contributed by atoms with E-state index in [4.69, 9.17) is 0 Å². The number of ether oxygens (including phenoxy) is 1. The van der Waals surface area contributed by atoms with E-state index in [9.17, 15) is 26.3 Å². The summed E-state index contributed by atoms with van der Waals surface area (Å²) in [6, 6.07) is 6.70. The van der Waals surface area contributed by atoms with E-state index in [1.54, 1.807) is 24.3 Å². The zero-order valence-electron chi connectivity index (χ0n) is 11.5. The number of benzene rings is 1. The van der Waals surface area contributed by atoms with Crippen LogP contribution in [0, 0.1) is 3.57 Å². The highest BCUT2D eigenvalue weighted by atomic mass is 127. The van der Waals surface area contributed by atoms with Crippen LogP contribution in [0.4, 0.5) is 38.0 Å². The summed E-state index contributed by atoms with van der Waals surface area (Å²) in [7, 11) is 0. The van der Waals surface area contributed by atoms with Gasteiger partial charge in [0.2, 0.25) is 11.8 Å². The third-order valence-electron chi connectivity index (χ3n) is 2.51. The van der Waals surface area contributed by atoms with Gasteiger partial charge in [0.1, 0.15) is 5.56 Å². The summed E-state index contributed by atoms with van der Waals surface area (Å²) in [4.78, 5) is 6.87. The van der Waals surface area contributed by atoms with Crippen LogP contribution in [0.25, 0.3) is 0 Å². The van der Waals surface area contributed by atoms with Crippen LogP contribution in [0.5, 0.6) is 5.88 Å². The van der Waals surface area contributed by atoms with E-state index in [-0.39, 0.29) is 5.95 Å². The summed E-state index contributed by atoms with van der Waals surface area (Å²) in [5.41, 5.74) is -1.02. The van der Waals surface area contributed by atoms with E-state index in [1.165, 1.54) is 0 Å². The zero-order valence-corrected chi connectivity index (χ0v) is 13.7. The second kappa shape index (κ2) is 6.99. The molecule has 0 saturated carbocycles. The van der Waals surface area contributed by atoms with Gasteiger partial charge in [-0.25, -0.2) is 4.98 Å².